The van der Waals surface area contributed by atoms with Crippen molar-refractivity contribution in [3.05, 3.63) is 0 Å². The van der Waals surface area contributed by atoms with Gasteiger partial charge >= 0.3 is 0 Å². The van der Waals surface area contributed by atoms with Crippen LogP contribution in [-0.2, 0) is 0 Å². The Morgan fingerprint density at radius 2 is 1.83 bits per heavy atom. The lowest BCUT2D eigenvalue weighted by Crippen LogP contribution is -2.45. The smallest absolute Gasteiger partial charge is 0.00952 e. The van der Waals surface area contributed by atoms with Gasteiger partial charge in [-0.15, -0.1) is 0 Å². The van der Waals surface area contributed by atoms with Crippen LogP contribution in [0.3, 0.4) is 0 Å². The minimum atomic E-state index is 0.800. The average molecular weight is 169 g/mol. The Morgan fingerprint density at radius 3 is 2.33 bits per heavy atom. The Labute approximate surface area is 76.9 Å². The number of hydrogen-bond donors (Lipinski definition) is 1. The quantitative estimate of drug-likeness (QED) is 0.685. The molecule has 1 aliphatic heterocycles. The normalized spacial score (nSPS) is 36.8. The van der Waals surface area contributed by atoms with E-state index in [2.05, 4.69) is 26.1 Å². The monoisotopic (exact) mass is 169 g/mol. The molecule has 1 saturated heterocycles. The molecule has 1 heterocycles. The second-order valence-electron chi connectivity index (χ2n) is 4.00. The summed E-state index contributed by atoms with van der Waals surface area (Å²) in [4.78, 5) is 0. The van der Waals surface area contributed by atoms with Crippen molar-refractivity contribution in [2.45, 2.75) is 52.5 Å². The standard InChI is InChI=1S/C11H23N/c1-4-9-7-8-12-11(6-3)10(9)5-2/h9-12H,4-8H2,1-3H3. The van der Waals surface area contributed by atoms with Gasteiger partial charge in [0.05, 0.1) is 0 Å². The highest BCUT2D eigenvalue weighted by molar-refractivity contribution is 4.84. The first-order chi connectivity index (χ1) is 5.83. The molecule has 1 aliphatic rings. The third-order valence-electron chi connectivity index (χ3n) is 3.48. The van der Waals surface area contributed by atoms with Crippen LogP contribution in [0, 0.1) is 11.8 Å². The minimum Gasteiger partial charge on any atom is -0.314 e. The zero-order chi connectivity index (χ0) is 8.97. The SMILES string of the molecule is CCC1CCNC(CC)C1CC. The topological polar surface area (TPSA) is 12.0 Å². The third-order valence-corrected chi connectivity index (χ3v) is 3.48. The summed E-state index contributed by atoms with van der Waals surface area (Å²) in [5.74, 6) is 1.93. The summed E-state index contributed by atoms with van der Waals surface area (Å²) in [5.41, 5.74) is 0. The molecule has 12 heavy (non-hydrogen) atoms. The first-order valence-electron chi connectivity index (χ1n) is 5.56. The van der Waals surface area contributed by atoms with Gasteiger partial charge in [-0.2, -0.15) is 0 Å². The summed E-state index contributed by atoms with van der Waals surface area (Å²) in [6.45, 7) is 8.22. The molecule has 1 heteroatoms. The highest BCUT2D eigenvalue weighted by Crippen LogP contribution is 2.30. The lowest BCUT2D eigenvalue weighted by Gasteiger charge is -2.38. The molecular formula is C11H23N. The molecular weight excluding hydrogens is 146 g/mol. The van der Waals surface area contributed by atoms with E-state index in [4.69, 9.17) is 0 Å². The molecule has 3 unspecified atom stereocenters. The largest absolute Gasteiger partial charge is 0.314 e. The van der Waals surface area contributed by atoms with Gasteiger partial charge in [0.25, 0.3) is 0 Å². The molecule has 0 radical (unpaired) electrons. The Balaban J connectivity index is 2.52. The number of nitrogens with one attached hydrogen (secondary N) is 1. The first kappa shape index (κ1) is 10.0. The Kier molecular flexibility index (Phi) is 4.07. The summed E-state index contributed by atoms with van der Waals surface area (Å²) in [7, 11) is 0. The Bertz CT molecular complexity index is 110. The van der Waals surface area contributed by atoms with E-state index in [-0.39, 0.29) is 0 Å². The lowest BCUT2D eigenvalue weighted by atomic mass is 9.77. The fourth-order valence-electron chi connectivity index (χ4n) is 2.72. The van der Waals surface area contributed by atoms with Gasteiger partial charge < -0.3 is 5.32 Å². The molecule has 3 atom stereocenters. The van der Waals surface area contributed by atoms with Crippen LogP contribution in [0.25, 0.3) is 0 Å². The van der Waals surface area contributed by atoms with Crippen LogP contribution in [0.4, 0.5) is 0 Å². The summed E-state index contributed by atoms with van der Waals surface area (Å²) in [5, 5.41) is 3.63. The van der Waals surface area contributed by atoms with Crippen LogP contribution in [-0.4, -0.2) is 12.6 Å². The lowest BCUT2D eigenvalue weighted by molar-refractivity contribution is 0.173. The van der Waals surface area contributed by atoms with Crippen molar-refractivity contribution in [3.63, 3.8) is 0 Å². The van der Waals surface area contributed by atoms with Crippen LogP contribution in [0.15, 0.2) is 0 Å². The van der Waals surface area contributed by atoms with Crippen molar-refractivity contribution < 1.29 is 0 Å². The minimum absolute atomic E-state index is 0.800. The van der Waals surface area contributed by atoms with Crippen molar-refractivity contribution >= 4 is 0 Å². The summed E-state index contributed by atoms with van der Waals surface area (Å²) >= 11 is 0. The van der Waals surface area contributed by atoms with Gasteiger partial charge in [-0.3, -0.25) is 0 Å². The molecule has 1 rings (SSSR count). The molecule has 1 nitrogen and oxygen atoms in total. The van der Waals surface area contributed by atoms with Crippen molar-refractivity contribution in [2.75, 3.05) is 6.54 Å². The molecule has 0 bridgehead atoms. The molecule has 1 fully saturated rings. The maximum atomic E-state index is 3.63. The summed E-state index contributed by atoms with van der Waals surface area (Å²) in [6, 6.07) is 0.800. The van der Waals surface area contributed by atoms with Crippen molar-refractivity contribution in [1.82, 2.24) is 5.32 Å². The predicted octanol–water partition coefficient (Wildman–Crippen LogP) is 2.81. The molecule has 1 N–H and O–H groups in total. The highest BCUT2D eigenvalue weighted by atomic mass is 14.9. The molecule has 0 spiro atoms. The van der Waals surface area contributed by atoms with E-state index >= 15 is 0 Å². The van der Waals surface area contributed by atoms with Gasteiger partial charge in [-0.25, -0.2) is 0 Å². The highest BCUT2D eigenvalue weighted by Gasteiger charge is 2.28. The molecule has 0 aliphatic carbocycles. The second kappa shape index (κ2) is 4.86. The summed E-state index contributed by atoms with van der Waals surface area (Å²) in [6.07, 6.45) is 5.42. The molecule has 0 amide bonds. The Morgan fingerprint density at radius 1 is 1.08 bits per heavy atom. The fraction of sp³-hybridized carbons (Fsp3) is 1.00. The van der Waals surface area contributed by atoms with Gasteiger partial charge in [-0.1, -0.05) is 33.6 Å². The Hall–Kier alpha value is -0.0400. The van der Waals surface area contributed by atoms with E-state index in [1.54, 1.807) is 0 Å². The second-order valence-corrected chi connectivity index (χ2v) is 4.00. The van der Waals surface area contributed by atoms with Gasteiger partial charge in [0.2, 0.25) is 0 Å². The third kappa shape index (κ3) is 2.01. The number of hydrogen-bond acceptors (Lipinski definition) is 1. The molecule has 0 saturated carbocycles. The van der Waals surface area contributed by atoms with E-state index in [1.807, 2.05) is 0 Å². The van der Waals surface area contributed by atoms with Gasteiger partial charge in [0, 0.05) is 6.04 Å². The molecule has 0 aromatic rings. The average Bonchev–Trinajstić information content (AvgIpc) is 2.16. The van der Waals surface area contributed by atoms with Crippen LogP contribution in [0.5, 0.6) is 0 Å². The first-order valence-corrected chi connectivity index (χ1v) is 5.56. The van der Waals surface area contributed by atoms with Gasteiger partial charge in [0.15, 0.2) is 0 Å². The number of rotatable bonds is 3. The van der Waals surface area contributed by atoms with Crippen LogP contribution >= 0.6 is 0 Å². The van der Waals surface area contributed by atoms with Gasteiger partial charge in [-0.05, 0) is 31.2 Å². The maximum Gasteiger partial charge on any atom is 0.00952 e. The zero-order valence-corrected chi connectivity index (χ0v) is 8.77. The van der Waals surface area contributed by atoms with Crippen LogP contribution < -0.4 is 5.32 Å². The maximum absolute atomic E-state index is 3.63. The predicted molar refractivity (Wildman–Crippen MR) is 54.3 cm³/mol. The van der Waals surface area contributed by atoms with Crippen molar-refractivity contribution in [1.29, 1.82) is 0 Å². The van der Waals surface area contributed by atoms with Crippen LogP contribution in [0.1, 0.15) is 46.5 Å². The summed E-state index contributed by atoms with van der Waals surface area (Å²) < 4.78 is 0. The number of piperidine rings is 1. The van der Waals surface area contributed by atoms with Crippen LogP contribution in [0.2, 0.25) is 0 Å². The molecule has 72 valence electrons. The van der Waals surface area contributed by atoms with Crippen molar-refractivity contribution in [2.24, 2.45) is 11.8 Å². The van der Waals surface area contributed by atoms with E-state index in [1.165, 1.54) is 32.2 Å². The van der Waals surface area contributed by atoms with E-state index in [0.29, 0.717) is 0 Å². The fourth-order valence-corrected chi connectivity index (χ4v) is 2.72. The molecule has 0 aromatic carbocycles. The van der Waals surface area contributed by atoms with E-state index < -0.39 is 0 Å². The molecule has 0 aromatic heterocycles. The van der Waals surface area contributed by atoms with Gasteiger partial charge in [0.1, 0.15) is 0 Å². The van der Waals surface area contributed by atoms with Crippen molar-refractivity contribution in [3.8, 4) is 0 Å². The van der Waals surface area contributed by atoms with E-state index in [9.17, 15) is 0 Å². The van der Waals surface area contributed by atoms with E-state index in [0.717, 1.165) is 17.9 Å². The zero-order valence-electron chi connectivity index (χ0n) is 8.77.